The van der Waals surface area contributed by atoms with Crippen molar-refractivity contribution in [3.8, 4) is 0 Å². The number of hydrogen-bond donors (Lipinski definition) is 5. The van der Waals surface area contributed by atoms with Crippen LogP contribution in [0, 0.1) is 0 Å². The van der Waals surface area contributed by atoms with Gasteiger partial charge in [-0.25, -0.2) is 0 Å². The van der Waals surface area contributed by atoms with Crippen LogP contribution in [0.3, 0.4) is 0 Å². The van der Waals surface area contributed by atoms with E-state index in [1.54, 1.807) is 0 Å². The molecule has 1 saturated heterocycles. The Hall–Kier alpha value is -0.200. The summed E-state index contributed by atoms with van der Waals surface area (Å²) in [6, 6.07) is -0.418. The fourth-order valence-corrected chi connectivity index (χ4v) is 0.750. The third-order valence-electron chi connectivity index (χ3n) is 1.43. The summed E-state index contributed by atoms with van der Waals surface area (Å²) in [7, 11) is 0. The molecule has 3 unspecified atom stereocenters. The van der Waals surface area contributed by atoms with Gasteiger partial charge in [-0.2, -0.15) is 0 Å². The average Bonchev–Trinajstić information content (AvgIpc) is 1.83. The van der Waals surface area contributed by atoms with Crippen LogP contribution in [0.4, 0.5) is 0 Å². The van der Waals surface area contributed by atoms with Crippen LogP contribution < -0.4 is 22.1 Å². The largest absolute Gasteiger partial charge is 0.377 e. The van der Waals surface area contributed by atoms with Gasteiger partial charge in [0.05, 0.1) is 12.2 Å². The van der Waals surface area contributed by atoms with Crippen LogP contribution >= 0.6 is 0 Å². The van der Waals surface area contributed by atoms with Crippen molar-refractivity contribution in [2.45, 2.75) is 18.4 Å². The predicted molar refractivity (Wildman–Crippen MR) is 33.1 cm³/mol. The Balaban J connectivity index is 2.41. The maximum atomic E-state index is 8.99. The number of rotatable bonds is 0. The normalized spacial score (nSPS) is 45.0. The zero-order chi connectivity index (χ0) is 6.85. The van der Waals surface area contributed by atoms with Gasteiger partial charge in [0.15, 0.2) is 0 Å². The molecule has 1 aliphatic heterocycles. The Labute approximate surface area is 53.4 Å². The van der Waals surface area contributed by atoms with Gasteiger partial charge < -0.3 is 16.6 Å². The van der Waals surface area contributed by atoms with Gasteiger partial charge in [-0.05, 0) is 0 Å². The zero-order valence-electron chi connectivity index (χ0n) is 5.04. The first kappa shape index (κ1) is 6.91. The van der Waals surface area contributed by atoms with Crippen molar-refractivity contribution in [2.24, 2.45) is 11.5 Å². The minimum absolute atomic E-state index is 0.304. The van der Waals surface area contributed by atoms with E-state index in [9.17, 15) is 0 Å². The van der Waals surface area contributed by atoms with E-state index in [0.29, 0.717) is 6.67 Å². The van der Waals surface area contributed by atoms with Crippen LogP contribution in [0.15, 0.2) is 0 Å². The van der Waals surface area contributed by atoms with Crippen LogP contribution in [0.1, 0.15) is 0 Å². The molecule has 0 saturated carbocycles. The molecule has 0 aliphatic carbocycles. The highest BCUT2D eigenvalue weighted by Gasteiger charge is 2.24. The monoisotopic (exact) mass is 132 g/mol. The highest BCUT2D eigenvalue weighted by Crippen LogP contribution is 1.92. The van der Waals surface area contributed by atoms with Crippen molar-refractivity contribution in [1.82, 2.24) is 10.6 Å². The smallest absolute Gasteiger partial charge is 0.124 e. The standard InChI is InChI=1S/C4H12N4O/c5-2-3(6)7-1-8-4(2)9/h2-4,7-9H,1,5-6H2. The summed E-state index contributed by atoms with van der Waals surface area (Å²) in [5, 5.41) is 14.5. The molecule has 7 N–H and O–H groups in total. The van der Waals surface area contributed by atoms with Gasteiger partial charge in [0.1, 0.15) is 6.23 Å². The summed E-state index contributed by atoms with van der Waals surface area (Å²) in [5.41, 5.74) is 10.9. The van der Waals surface area contributed by atoms with E-state index < -0.39 is 12.3 Å². The molecule has 54 valence electrons. The van der Waals surface area contributed by atoms with Gasteiger partial charge in [0.25, 0.3) is 0 Å². The van der Waals surface area contributed by atoms with Crippen LogP contribution in [0.2, 0.25) is 0 Å². The zero-order valence-corrected chi connectivity index (χ0v) is 5.04. The first-order chi connectivity index (χ1) is 4.22. The summed E-state index contributed by atoms with van der Waals surface area (Å²) in [6.07, 6.45) is -0.984. The van der Waals surface area contributed by atoms with Crippen molar-refractivity contribution < 1.29 is 5.11 Å². The van der Waals surface area contributed by atoms with E-state index in [2.05, 4.69) is 10.6 Å². The first-order valence-corrected chi connectivity index (χ1v) is 2.88. The highest BCUT2D eigenvalue weighted by atomic mass is 16.3. The lowest BCUT2D eigenvalue weighted by atomic mass is 10.2. The van der Waals surface area contributed by atoms with E-state index in [4.69, 9.17) is 16.6 Å². The van der Waals surface area contributed by atoms with Crippen molar-refractivity contribution in [2.75, 3.05) is 6.67 Å². The highest BCUT2D eigenvalue weighted by molar-refractivity contribution is 4.83. The molecule has 1 aliphatic rings. The molecule has 5 nitrogen and oxygen atoms in total. The van der Waals surface area contributed by atoms with E-state index >= 15 is 0 Å². The maximum absolute atomic E-state index is 8.99. The Kier molecular flexibility index (Phi) is 1.99. The van der Waals surface area contributed by atoms with Crippen LogP contribution in [0.25, 0.3) is 0 Å². The summed E-state index contributed by atoms with van der Waals surface area (Å²) in [4.78, 5) is 0. The van der Waals surface area contributed by atoms with Gasteiger partial charge in [0, 0.05) is 6.67 Å². The number of nitrogens with one attached hydrogen (secondary N) is 2. The summed E-state index contributed by atoms with van der Waals surface area (Å²) < 4.78 is 0. The molecule has 0 amide bonds. The Morgan fingerprint density at radius 1 is 1.33 bits per heavy atom. The molecule has 0 radical (unpaired) electrons. The second-order valence-electron chi connectivity index (χ2n) is 2.13. The van der Waals surface area contributed by atoms with Crippen LogP contribution in [-0.2, 0) is 0 Å². The second kappa shape index (κ2) is 2.59. The minimum atomic E-state index is -0.679. The summed E-state index contributed by atoms with van der Waals surface area (Å²) in [6.45, 7) is 0.510. The third kappa shape index (κ3) is 1.38. The SMILES string of the molecule is NC1NCNC(O)C1N. The molecule has 1 heterocycles. The first-order valence-electron chi connectivity index (χ1n) is 2.88. The number of aliphatic hydroxyl groups excluding tert-OH is 1. The van der Waals surface area contributed by atoms with E-state index in [1.165, 1.54) is 0 Å². The number of nitrogens with two attached hydrogens (primary N) is 2. The molecule has 1 rings (SSSR count). The Bertz CT molecular complexity index is 88.6. The van der Waals surface area contributed by atoms with Crippen LogP contribution in [0.5, 0.6) is 0 Å². The third-order valence-corrected chi connectivity index (χ3v) is 1.43. The van der Waals surface area contributed by atoms with Gasteiger partial charge in [0.2, 0.25) is 0 Å². The van der Waals surface area contributed by atoms with Gasteiger partial charge in [-0.3, -0.25) is 10.6 Å². The van der Waals surface area contributed by atoms with Crippen molar-refractivity contribution in [3.05, 3.63) is 0 Å². The molecule has 5 heteroatoms. The average molecular weight is 132 g/mol. The lowest BCUT2D eigenvalue weighted by molar-refractivity contribution is 0.0659. The fourth-order valence-electron chi connectivity index (χ4n) is 0.750. The molecule has 1 fully saturated rings. The van der Waals surface area contributed by atoms with Gasteiger partial charge in [-0.15, -0.1) is 0 Å². The van der Waals surface area contributed by atoms with Crippen molar-refractivity contribution >= 4 is 0 Å². The second-order valence-corrected chi connectivity index (χ2v) is 2.13. The van der Waals surface area contributed by atoms with Crippen LogP contribution in [-0.4, -0.2) is 30.2 Å². The van der Waals surface area contributed by atoms with Gasteiger partial charge in [-0.1, -0.05) is 0 Å². The predicted octanol–water partition coefficient (Wildman–Crippen LogP) is -2.93. The lowest BCUT2D eigenvalue weighted by Gasteiger charge is -2.31. The molecule has 0 aromatic carbocycles. The number of aliphatic hydroxyl groups is 1. The minimum Gasteiger partial charge on any atom is -0.377 e. The molecular weight excluding hydrogens is 120 g/mol. The van der Waals surface area contributed by atoms with Crippen molar-refractivity contribution in [3.63, 3.8) is 0 Å². The molecular formula is C4H12N4O. The molecule has 0 bridgehead atoms. The molecule has 0 spiro atoms. The fraction of sp³-hybridized carbons (Fsp3) is 1.00. The summed E-state index contributed by atoms with van der Waals surface area (Å²) >= 11 is 0. The Morgan fingerprint density at radius 3 is 2.44 bits per heavy atom. The quantitative estimate of drug-likeness (QED) is 0.243. The number of hydrogen-bond acceptors (Lipinski definition) is 5. The molecule has 9 heavy (non-hydrogen) atoms. The van der Waals surface area contributed by atoms with E-state index in [1.807, 2.05) is 0 Å². The maximum Gasteiger partial charge on any atom is 0.124 e. The lowest BCUT2D eigenvalue weighted by Crippen LogP contribution is -2.67. The molecule has 3 atom stereocenters. The Morgan fingerprint density at radius 2 is 2.00 bits per heavy atom. The van der Waals surface area contributed by atoms with E-state index in [0.717, 1.165) is 0 Å². The van der Waals surface area contributed by atoms with Gasteiger partial charge >= 0.3 is 0 Å². The van der Waals surface area contributed by atoms with E-state index in [-0.39, 0.29) is 6.17 Å². The molecule has 0 aromatic heterocycles. The molecule has 0 aromatic rings. The topological polar surface area (TPSA) is 96.3 Å². The van der Waals surface area contributed by atoms with Crippen molar-refractivity contribution in [1.29, 1.82) is 0 Å². The summed E-state index contributed by atoms with van der Waals surface area (Å²) in [5.74, 6) is 0.